The smallest absolute Gasteiger partial charge is 0.375 e. The maximum Gasteiger partial charge on any atom is 0.375 e. The fourth-order valence-electron chi connectivity index (χ4n) is 2.25. The Kier molecular flexibility index (Phi) is 3.46. The van der Waals surface area contributed by atoms with Crippen LogP contribution in [0.1, 0.15) is 29.1 Å². The van der Waals surface area contributed by atoms with Crippen molar-refractivity contribution in [3.8, 4) is 0 Å². The zero-order valence-electron chi connectivity index (χ0n) is 12.2. The van der Waals surface area contributed by atoms with Crippen LogP contribution in [-0.4, -0.2) is 37.9 Å². The minimum absolute atomic E-state index is 0.0934. The first-order valence-electron chi connectivity index (χ1n) is 6.81. The van der Waals surface area contributed by atoms with Crippen LogP contribution in [0.4, 0.5) is 5.82 Å². The molecule has 3 aromatic rings. The summed E-state index contributed by atoms with van der Waals surface area (Å²) in [6.07, 6.45) is 0. The number of fused-ring (bicyclic) bond motifs is 1. The van der Waals surface area contributed by atoms with Gasteiger partial charge >= 0.3 is 5.97 Å². The third-order valence-corrected chi connectivity index (χ3v) is 3.66. The second kappa shape index (κ2) is 5.44. The molecule has 0 amide bonds. The zero-order chi connectivity index (χ0) is 15.7. The summed E-state index contributed by atoms with van der Waals surface area (Å²) in [7, 11) is 1.91. The fraction of sp³-hybridized carbons (Fsp3) is 0.200. The van der Waals surface area contributed by atoms with Gasteiger partial charge in [-0.1, -0.05) is 30.3 Å². The second-order valence-electron chi connectivity index (χ2n) is 4.99. The van der Waals surface area contributed by atoms with Gasteiger partial charge in [0.15, 0.2) is 5.65 Å². The Labute approximate surface area is 126 Å². The van der Waals surface area contributed by atoms with Crippen LogP contribution in [0, 0.1) is 0 Å². The highest BCUT2D eigenvalue weighted by atomic mass is 16.4. The van der Waals surface area contributed by atoms with Gasteiger partial charge in [0.05, 0.1) is 6.04 Å². The highest BCUT2D eigenvalue weighted by Gasteiger charge is 2.17. The first kappa shape index (κ1) is 14.0. The molecular weight excluding hydrogens is 282 g/mol. The second-order valence-corrected chi connectivity index (χ2v) is 4.99. The van der Waals surface area contributed by atoms with Gasteiger partial charge in [0.25, 0.3) is 5.82 Å². The van der Waals surface area contributed by atoms with E-state index in [0.29, 0.717) is 11.5 Å². The van der Waals surface area contributed by atoms with Crippen molar-refractivity contribution in [2.45, 2.75) is 13.0 Å². The minimum atomic E-state index is -1.16. The Morgan fingerprint density at radius 1 is 1.18 bits per heavy atom. The summed E-state index contributed by atoms with van der Waals surface area (Å²) < 4.78 is 1.24. The molecule has 22 heavy (non-hydrogen) atoms. The first-order valence-corrected chi connectivity index (χ1v) is 6.81. The maximum absolute atomic E-state index is 11.1. The van der Waals surface area contributed by atoms with Crippen molar-refractivity contribution in [1.29, 1.82) is 0 Å². The molecule has 0 saturated heterocycles. The molecule has 0 spiro atoms. The Morgan fingerprint density at radius 2 is 1.91 bits per heavy atom. The highest BCUT2D eigenvalue weighted by Crippen LogP contribution is 2.23. The molecule has 1 aromatic carbocycles. The van der Waals surface area contributed by atoms with Crippen LogP contribution < -0.4 is 4.90 Å². The van der Waals surface area contributed by atoms with Crippen LogP contribution in [0.5, 0.6) is 0 Å². The van der Waals surface area contributed by atoms with Gasteiger partial charge in [0.1, 0.15) is 5.82 Å². The predicted molar refractivity (Wildman–Crippen MR) is 81.0 cm³/mol. The molecule has 0 aliphatic rings. The van der Waals surface area contributed by atoms with Gasteiger partial charge in [-0.15, -0.1) is 15.3 Å². The van der Waals surface area contributed by atoms with Gasteiger partial charge in [0, 0.05) is 7.05 Å². The number of rotatable bonds is 4. The average Bonchev–Trinajstić information content (AvgIpc) is 2.97. The third kappa shape index (κ3) is 2.37. The van der Waals surface area contributed by atoms with Gasteiger partial charge in [-0.2, -0.15) is 4.52 Å². The van der Waals surface area contributed by atoms with Gasteiger partial charge in [-0.05, 0) is 24.6 Å². The quantitative estimate of drug-likeness (QED) is 0.793. The summed E-state index contributed by atoms with van der Waals surface area (Å²) in [6.45, 7) is 2.06. The van der Waals surface area contributed by atoms with Crippen molar-refractivity contribution in [3.05, 3.63) is 53.9 Å². The number of aromatic nitrogens is 4. The number of hydrogen-bond acceptors (Lipinski definition) is 5. The molecule has 1 N–H and O–H groups in total. The zero-order valence-corrected chi connectivity index (χ0v) is 12.2. The monoisotopic (exact) mass is 297 g/mol. The largest absolute Gasteiger partial charge is 0.475 e. The SMILES string of the molecule is CC(c1ccccc1)N(C)c1ccc2nnc(C(=O)O)n2n1. The van der Waals surface area contributed by atoms with Gasteiger partial charge in [0.2, 0.25) is 0 Å². The van der Waals surface area contributed by atoms with Crippen molar-refractivity contribution >= 4 is 17.4 Å². The highest BCUT2D eigenvalue weighted by molar-refractivity contribution is 5.84. The molecule has 3 rings (SSSR count). The van der Waals surface area contributed by atoms with Crippen molar-refractivity contribution in [3.63, 3.8) is 0 Å². The Balaban J connectivity index is 1.99. The van der Waals surface area contributed by atoms with E-state index in [4.69, 9.17) is 5.11 Å². The molecule has 112 valence electrons. The van der Waals surface area contributed by atoms with Crippen LogP contribution in [-0.2, 0) is 0 Å². The summed E-state index contributed by atoms with van der Waals surface area (Å²) in [6, 6.07) is 13.6. The van der Waals surface area contributed by atoms with E-state index in [1.165, 1.54) is 4.52 Å². The van der Waals surface area contributed by atoms with Crippen LogP contribution in [0.25, 0.3) is 5.65 Å². The van der Waals surface area contributed by atoms with Crippen molar-refractivity contribution < 1.29 is 9.90 Å². The molecule has 0 saturated carbocycles. The number of carboxylic acid groups (broad SMARTS) is 1. The fourth-order valence-corrected chi connectivity index (χ4v) is 2.25. The molecular formula is C15H15N5O2. The van der Waals surface area contributed by atoms with E-state index in [0.717, 1.165) is 5.56 Å². The standard InChI is InChI=1S/C15H15N5O2/c1-10(11-6-4-3-5-7-11)19(2)13-9-8-12-16-17-14(15(21)22)20(12)18-13/h3-10H,1-2H3,(H,21,22). The number of benzene rings is 1. The van der Waals surface area contributed by atoms with E-state index in [9.17, 15) is 4.79 Å². The van der Waals surface area contributed by atoms with Crippen LogP contribution in [0.15, 0.2) is 42.5 Å². The Bertz CT molecular complexity index is 815. The molecule has 7 nitrogen and oxygen atoms in total. The Hall–Kier alpha value is -2.96. The van der Waals surface area contributed by atoms with E-state index in [2.05, 4.69) is 22.2 Å². The number of nitrogens with zero attached hydrogens (tertiary/aromatic N) is 5. The summed E-state index contributed by atoms with van der Waals surface area (Å²) in [5.41, 5.74) is 1.55. The summed E-state index contributed by atoms with van der Waals surface area (Å²) in [5.74, 6) is -0.709. The lowest BCUT2D eigenvalue weighted by Crippen LogP contribution is -2.23. The molecule has 0 bridgehead atoms. The third-order valence-electron chi connectivity index (χ3n) is 3.66. The van der Waals surface area contributed by atoms with Crippen LogP contribution >= 0.6 is 0 Å². The molecule has 7 heteroatoms. The maximum atomic E-state index is 11.1. The van der Waals surface area contributed by atoms with E-state index < -0.39 is 5.97 Å². The van der Waals surface area contributed by atoms with Crippen molar-refractivity contribution in [1.82, 2.24) is 19.8 Å². The molecule has 1 atom stereocenters. The van der Waals surface area contributed by atoms with E-state index in [-0.39, 0.29) is 11.9 Å². The molecule has 2 heterocycles. The molecule has 0 fully saturated rings. The van der Waals surface area contributed by atoms with Crippen molar-refractivity contribution in [2.75, 3.05) is 11.9 Å². The summed E-state index contributed by atoms with van der Waals surface area (Å²) in [4.78, 5) is 13.1. The normalized spacial score (nSPS) is 12.3. The number of hydrogen-bond donors (Lipinski definition) is 1. The van der Waals surface area contributed by atoms with Gasteiger partial charge in [-0.25, -0.2) is 4.79 Å². The average molecular weight is 297 g/mol. The summed E-state index contributed by atoms with van der Waals surface area (Å²) >= 11 is 0. The minimum Gasteiger partial charge on any atom is -0.475 e. The number of carboxylic acids is 1. The number of aromatic carboxylic acids is 1. The topological polar surface area (TPSA) is 83.6 Å². The lowest BCUT2D eigenvalue weighted by Gasteiger charge is -2.26. The van der Waals surface area contributed by atoms with E-state index in [1.54, 1.807) is 12.1 Å². The molecule has 0 aliphatic carbocycles. The van der Waals surface area contributed by atoms with E-state index >= 15 is 0 Å². The van der Waals surface area contributed by atoms with Gasteiger partial charge in [-0.3, -0.25) is 0 Å². The van der Waals surface area contributed by atoms with Crippen LogP contribution in [0.2, 0.25) is 0 Å². The predicted octanol–water partition coefficient (Wildman–Crippen LogP) is 2.02. The molecule has 2 aromatic heterocycles. The number of anilines is 1. The molecule has 0 radical (unpaired) electrons. The lowest BCUT2D eigenvalue weighted by atomic mass is 10.1. The molecule has 1 unspecified atom stereocenters. The van der Waals surface area contributed by atoms with Gasteiger partial charge < -0.3 is 10.0 Å². The summed E-state index contributed by atoms with van der Waals surface area (Å²) in [5, 5.41) is 20.9. The van der Waals surface area contributed by atoms with Crippen LogP contribution in [0.3, 0.4) is 0 Å². The van der Waals surface area contributed by atoms with E-state index in [1.807, 2.05) is 42.3 Å². The molecule has 0 aliphatic heterocycles. The first-order chi connectivity index (χ1) is 10.6. The lowest BCUT2D eigenvalue weighted by molar-refractivity contribution is 0.0680. The van der Waals surface area contributed by atoms with Crippen molar-refractivity contribution in [2.24, 2.45) is 0 Å². The number of carbonyl (C=O) groups is 1. The Morgan fingerprint density at radius 3 is 2.59 bits per heavy atom.